The van der Waals surface area contributed by atoms with Crippen LogP contribution in [0.2, 0.25) is 0 Å². The zero-order valence-corrected chi connectivity index (χ0v) is 31.9. The normalized spacial score (nSPS) is 11.4. The second kappa shape index (κ2) is 44.7. The van der Waals surface area contributed by atoms with Gasteiger partial charge in [0.2, 0.25) is 5.91 Å². The van der Waals surface area contributed by atoms with Crippen LogP contribution in [-0.4, -0.2) is 156 Å². The quantitative estimate of drug-likeness (QED) is 0.0846. The van der Waals surface area contributed by atoms with Gasteiger partial charge in [-0.1, -0.05) is 64.7 Å². The van der Waals surface area contributed by atoms with Crippen molar-refractivity contribution in [3.05, 3.63) is 0 Å². The Balaban J connectivity index is 3.08. The van der Waals surface area contributed by atoms with E-state index in [0.717, 1.165) is 13.0 Å². The van der Waals surface area contributed by atoms with Crippen LogP contribution in [0.1, 0.15) is 90.4 Å². The Morgan fingerprint density at radius 2 is 0.647 bits per heavy atom. The molecule has 0 aromatic heterocycles. The molecule has 0 aromatic rings. The average Bonchev–Trinajstić information content (AvgIpc) is 3.12. The van der Waals surface area contributed by atoms with Gasteiger partial charge in [0.25, 0.3) is 0 Å². The van der Waals surface area contributed by atoms with Crippen LogP contribution in [0.15, 0.2) is 0 Å². The van der Waals surface area contributed by atoms with Crippen molar-refractivity contribution in [3.8, 4) is 0 Å². The largest absolute Gasteiger partial charge is 0.481 e. The molecule has 0 aromatic carbocycles. The molecule has 0 aliphatic rings. The van der Waals surface area contributed by atoms with Crippen molar-refractivity contribution >= 4 is 11.9 Å². The molecule has 0 unspecified atom stereocenters. The Kier molecular flexibility index (Phi) is 43.4. The second-order valence-corrected chi connectivity index (χ2v) is 11.9. The monoisotopic (exact) mass is 740 g/mol. The number of ether oxygens (including phenoxy) is 10. The molecule has 14 heteroatoms. The number of unbranched alkanes of at least 4 members (excludes halogenated alkanes) is 9. The third kappa shape index (κ3) is 46.5. The van der Waals surface area contributed by atoms with Gasteiger partial charge in [-0.05, 0) is 12.8 Å². The van der Waals surface area contributed by atoms with Crippen LogP contribution < -0.4 is 5.32 Å². The van der Waals surface area contributed by atoms with E-state index in [9.17, 15) is 9.59 Å². The van der Waals surface area contributed by atoms with E-state index in [1.54, 1.807) is 0 Å². The number of carbonyl (C=O) groups excluding carboxylic acids is 1. The lowest BCUT2D eigenvalue weighted by Crippen LogP contribution is -2.25. The number of hydrogen-bond donors (Lipinski definition) is 2. The first-order chi connectivity index (χ1) is 25.2. The molecule has 0 rings (SSSR count). The fraction of sp³-hybridized carbons (Fsp3) is 0.946. The fourth-order valence-corrected chi connectivity index (χ4v) is 4.48. The fourth-order valence-electron chi connectivity index (χ4n) is 4.48. The summed E-state index contributed by atoms with van der Waals surface area (Å²) in [7, 11) is 0. The number of rotatable bonds is 45. The topological polar surface area (TPSA) is 159 Å². The van der Waals surface area contributed by atoms with Crippen molar-refractivity contribution in [2.75, 3.05) is 139 Å². The van der Waals surface area contributed by atoms with E-state index >= 15 is 0 Å². The van der Waals surface area contributed by atoms with E-state index in [1.165, 1.54) is 57.8 Å². The lowest BCUT2D eigenvalue weighted by molar-refractivity contribution is -0.138. The summed E-state index contributed by atoms with van der Waals surface area (Å²) in [4.78, 5) is 21.8. The summed E-state index contributed by atoms with van der Waals surface area (Å²) >= 11 is 0. The summed E-state index contributed by atoms with van der Waals surface area (Å²) in [6, 6.07) is 0. The predicted octanol–water partition coefficient (Wildman–Crippen LogP) is 4.44. The smallest absolute Gasteiger partial charge is 0.303 e. The highest BCUT2D eigenvalue weighted by molar-refractivity contribution is 5.80. The van der Waals surface area contributed by atoms with E-state index in [-0.39, 0.29) is 18.7 Å². The van der Waals surface area contributed by atoms with E-state index in [2.05, 4.69) is 12.2 Å². The molecule has 0 spiro atoms. The van der Waals surface area contributed by atoms with Crippen molar-refractivity contribution in [2.45, 2.75) is 90.4 Å². The molecule has 14 nitrogen and oxygen atoms in total. The van der Waals surface area contributed by atoms with Gasteiger partial charge in [-0.3, -0.25) is 9.59 Å². The van der Waals surface area contributed by atoms with Gasteiger partial charge in [-0.2, -0.15) is 0 Å². The van der Waals surface area contributed by atoms with Crippen LogP contribution in [0.3, 0.4) is 0 Å². The minimum Gasteiger partial charge on any atom is -0.481 e. The maximum atomic E-state index is 11.4. The Morgan fingerprint density at radius 1 is 0.373 bits per heavy atom. The van der Waals surface area contributed by atoms with Crippen molar-refractivity contribution < 1.29 is 62.1 Å². The van der Waals surface area contributed by atoms with Crippen LogP contribution in [0.25, 0.3) is 0 Å². The molecule has 0 fully saturated rings. The van der Waals surface area contributed by atoms with Gasteiger partial charge < -0.3 is 57.8 Å². The lowest BCUT2D eigenvalue weighted by atomic mass is 10.1. The number of aliphatic carboxylic acids is 1. The molecular formula is C37H73NO13. The molecule has 0 heterocycles. The minimum absolute atomic E-state index is 0.00734. The van der Waals surface area contributed by atoms with Gasteiger partial charge in [0.1, 0.15) is 0 Å². The van der Waals surface area contributed by atoms with Crippen molar-refractivity contribution in [1.82, 2.24) is 5.32 Å². The Hall–Kier alpha value is -1.46. The highest BCUT2D eigenvalue weighted by Crippen LogP contribution is 2.10. The molecule has 0 atom stereocenters. The number of hydrogen-bond acceptors (Lipinski definition) is 12. The molecular weight excluding hydrogens is 666 g/mol. The van der Waals surface area contributed by atoms with Gasteiger partial charge in [0, 0.05) is 26.2 Å². The third-order valence-electron chi connectivity index (χ3n) is 7.34. The minimum atomic E-state index is -0.980. The molecule has 0 aliphatic carbocycles. The van der Waals surface area contributed by atoms with Gasteiger partial charge in [0.05, 0.1) is 125 Å². The zero-order valence-electron chi connectivity index (χ0n) is 31.9. The highest BCUT2D eigenvalue weighted by Gasteiger charge is 2.04. The maximum Gasteiger partial charge on any atom is 0.303 e. The van der Waals surface area contributed by atoms with Crippen molar-refractivity contribution in [1.29, 1.82) is 0 Å². The summed E-state index contributed by atoms with van der Waals surface area (Å²) in [5, 5.41) is 11.2. The molecule has 0 bridgehead atoms. The average molecular weight is 740 g/mol. The predicted molar refractivity (Wildman–Crippen MR) is 195 cm³/mol. The third-order valence-corrected chi connectivity index (χ3v) is 7.34. The summed E-state index contributed by atoms with van der Waals surface area (Å²) in [6.45, 7) is 13.3. The van der Waals surface area contributed by atoms with Crippen LogP contribution in [0.4, 0.5) is 0 Å². The van der Waals surface area contributed by atoms with Crippen LogP contribution in [-0.2, 0) is 57.0 Å². The van der Waals surface area contributed by atoms with Crippen molar-refractivity contribution in [3.63, 3.8) is 0 Å². The van der Waals surface area contributed by atoms with E-state index in [1.807, 2.05) is 0 Å². The number of nitrogens with one attached hydrogen (secondary N) is 1. The number of amides is 1. The molecule has 304 valence electrons. The van der Waals surface area contributed by atoms with Crippen LogP contribution >= 0.6 is 0 Å². The van der Waals surface area contributed by atoms with Gasteiger partial charge in [0.15, 0.2) is 0 Å². The summed E-state index contributed by atoms with van der Waals surface area (Å²) in [5.74, 6) is -1.24. The summed E-state index contributed by atoms with van der Waals surface area (Å²) < 4.78 is 55.0. The molecule has 0 aliphatic heterocycles. The zero-order chi connectivity index (χ0) is 37.0. The van der Waals surface area contributed by atoms with Crippen LogP contribution in [0.5, 0.6) is 0 Å². The van der Waals surface area contributed by atoms with E-state index in [4.69, 9.17) is 52.5 Å². The Labute approximate surface area is 308 Å². The molecule has 0 saturated heterocycles. The van der Waals surface area contributed by atoms with Gasteiger partial charge in [-0.25, -0.2) is 0 Å². The Morgan fingerprint density at radius 3 is 0.961 bits per heavy atom. The molecule has 0 saturated carbocycles. The van der Waals surface area contributed by atoms with Crippen LogP contribution in [0, 0.1) is 0 Å². The van der Waals surface area contributed by atoms with Crippen molar-refractivity contribution in [2.24, 2.45) is 0 Å². The second-order valence-electron chi connectivity index (χ2n) is 11.9. The maximum absolute atomic E-state index is 11.4. The highest BCUT2D eigenvalue weighted by atomic mass is 16.6. The molecule has 1 amide bonds. The lowest BCUT2D eigenvalue weighted by Gasteiger charge is -2.09. The molecule has 51 heavy (non-hydrogen) atoms. The first-order valence-corrected chi connectivity index (χ1v) is 19.4. The first-order valence-electron chi connectivity index (χ1n) is 19.4. The number of carboxylic acids is 1. The summed E-state index contributed by atoms with van der Waals surface area (Å²) in [5.41, 5.74) is 0. The first kappa shape index (κ1) is 49.5. The number of carbonyl (C=O) groups is 2. The van der Waals surface area contributed by atoms with Gasteiger partial charge >= 0.3 is 5.97 Å². The number of carboxylic acid groups (broad SMARTS) is 1. The standard InChI is InChI=1S/C37H73NO13/c1-2-3-4-5-6-7-8-9-10-11-16-42-18-20-44-22-24-46-26-28-48-30-32-50-34-35-51-33-31-49-29-27-47-25-23-45-21-19-43-17-12-15-38-36(39)13-14-37(40)41/h2-35H2,1H3,(H,38,39)(H,40,41). The summed E-state index contributed by atoms with van der Waals surface area (Å²) in [6.07, 6.45) is 13.8. The molecule has 2 N–H and O–H groups in total. The van der Waals surface area contributed by atoms with E-state index in [0.29, 0.717) is 138 Å². The Bertz CT molecular complexity index is 705. The SMILES string of the molecule is CCCCCCCCCCCCOCCOCCOCCOCCOCCOCCOCCOCCOCCOCCCNC(=O)CCC(=O)O. The van der Waals surface area contributed by atoms with E-state index < -0.39 is 5.97 Å². The molecule has 0 radical (unpaired) electrons. The van der Waals surface area contributed by atoms with Gasteiger partial charge in [-0.15, -0.1) is 0 Å².